The van der Waals surface area contributed by atoms with Crippen LogP contribution in [-0.4, -0.2) is 40.0 Å². The number of carboxylic acid groups (broad SMARTS) is 1. The predicted octanol–water partition coefficient (Wildman–Crippen LogP) is 0.866. The van der Waals surface area contributed by atoms with Crippen LogP contribution in [0.5, 0.6) is 0 Å². The topological polar surface area (TPSA) is 104 Å². The summed E-state index contributed by atoms with van der Waals surface area (Å²) in [6, 6.07) is -1.16. The molecular weight excluding hydrogens is 250 g/mol. The van der Waals surface area contributed by atoms with Crippen molar-refractivity contribution in [2.45, 2.75) is 64.5 Å². The lowest BCUT2D eigenvalue weighted by Crippen LogP contribution is -2.43. The maximum Gasteiger partial charge on any atom is 0.326 e. The Balaban J connectivity index is 4.12. The molecule has 0 aromatic carbocycles. The molecule has 0 heterocycles. The van der Waals surface area contributed by atoms with Crippen LogP contribution in [0.4, 0.5) is 0 Å². The van der Waals surface area contributed by atoms with Crippen LogP contribution in [0.2, 0.25) is 0 Å². The van der Waals surface area contributed by atoms with E-state index in [2.05, 4.69) is 5.32 Å². The molecule has 0 radical (unpaired) electrons. The molecule has 6 heteroatoms. The van der Waals surface area contributed by atoms with Gasteiger partial charge in [-0.25, -0.2) is 4.79 Å². The summed E-state index contributed by atoms with van der Waals surface area (Å²) in [6.07, 6.45) is 1.82. The number of hydrogen-bond acceptors (Lipinski definition) is 4. The van der Waals surface area contributed by atoms with Crippen LogP contribution in [-0.2, 0) is 14.4 Å². The van der Waals surface area contributed by atoms with Gasteiger partial charge < -0.3 is 15.5 Å². The van der Waals surface area contributed by atoms with Gasteiger partial charge in [0.1, 0.15) is 11.8 Å². The van der Waals surface area contributed by atoms with Crippen molar-refractivity contribution in [3.8, 4) is 0 Å². The number of carbonyl (C=O) groups excluding carboxylic acids is 2. The normalized spacial score (nSPS) is 13.6. The fourth-order valence-electron chi connectivity index (χ4n) is 1.65. The van der Waals surface area contributed by atoms with Gasteiger partial charge in [0.25, 0.3) is 0 Å². The zero-order valence-electron chi connectivity index (χ0n) is 11.5. The molecule has 0 aliphatic carbocycles. The summed E-state index contributed by atoms with van der Waals surface area (Å²) < 4.78 is 0. The van der Waals surface area contributed by atoms with Gasteiger partial charge in [-0.05, 0) is 13.3 Å². The minimum Gasteiger partial charge on any atom is -0.480 e. The Kier molecular flexibility index (Phi) is 8.78. The van der Waals surface area contributed by atoms with E-state index in [-0.39, 0.29) is 18.6 Å². The molecule has 2 atom stereocenters. The second kappa shape index (κ2) is 9.49. The molecule has 6 nitrogen and oxygen atoms in total. The maximum absolute atomic E-state index is 11.5. The van der Waals surface area contributed by atoms with Crippen molar-refractivity contribution < 1.29 is 24.6 Å². The molecule has 3 N–H and O–H groups in total. The molecule has 1 unspecified atom stereocenters. The Morgan fingerprint density at radius 2 is 1.84 bits per heavy atom. The predicted molar refractivity (Wildman–Crippen MR) is 69.6 cm³/mol. The summed E-state index contributed by atoms with van der Waals surface area (Å²) in [5, 5.41) is 20.2. The minimum atomic E-state index is -1.22. The second-order valence-corrected chi connectivity index (χ2v) is 4.72. The highest BCUT2D eigenvalue weighted by Crippen LogP contribution is 2.03. The first-order valence-electron chi connectivity index (χ1n) is 6.58. The Morgan fingerprint density at radius 3 is 2.32 bits per heavy atom. The molecule has 19 heavy (non-hydrogen) atoms. The van der Waals surface area contributed by atoms with Crippen LogP contribution in [0, 0.1) is 0 Å². The molecule has 0 aliphatic heterocycles. The summed E-state index contributed by atoms with van der Waals surface area (Å²) in [4.78, 5) is 33.8. The third kappa shape index (κ3) is 9.18. The summed E-state index contributed by atoms with van der Waals surface area (Å²) >= 11 is 0. The number of aliphatic hydroxyl groups is 1. The third-order valence-corrected chi connectivity index (χ3v) is 2.63. The minimum absolute atomic E-state index is 0.0783. The number of ketones is 1. The number of aliphatic hydroxyl groups excluding tert-OH is 1. The zero-order valence-corrected chi connectivity index (χ0v) is 11.5. The molecule has 0 aromatic heterocycles. The number of hydrogen-bond donors (Lipinski definition) is 3. The van der Waals surface area contributed by atoms with Crippen molar-refractivity contribution in [2.24, 2.45) is 0 Å². The zero-order chi connectivity index (χ0) is 14.8. The van der Waals surface area contributed by atoms with Crippen LogP contribution < -0.4 is 5.32 Å². The average Bonchev–Trinajstić information content (AvgIpc) is 2.27. The van der Waals surface area contributed by atoms with E-state index < -0.39 is 24.0 Å². The molecule has 0 fully saturated rings. The number of carboxylic acids is 1. The van der Waals surface area contributed by atoms with Crippen molar-refractivity contribution in [3.05, 3.63) is 0 Å². The Hall–Kier alpha value is -1.43. The molecule has 110 valence electrons. The van der Waals surface area contributed by atoms with Gasteiger partial charge in [0.15, 0.2) is 0 Å². The van der Waals surface area contributed by atoms with Gasteiger partial charge >= 0.3 is 5.97 Å². The Morgan fingerprint density at radius 1 is 1.21 bits per heavy atom. The summed E-state index contributed by atoms with van der Waals surface area (Å²) in [5.74, 6) is -2.01. The van der Waals surface area contributed by atoms with E-state index in [1.807, 2.05) is 6.92 Å². The lowest BCUT2D eigenvalue weighted by molar-refractivity contribution is -0.143. The monoisotopic (exact) mass is 273 g/mol. The molecule has 1 amide bonds. The van der Waals surface area contributed by atoms with Gasteiger partial charge in [-0.1, -0.05) is 19.8 Å². The van der Waals surface area contributed by atoms with E-state index in [4.69, 9.17) is 10.2 Å². The van der Waals surface area contributed by atoms with Crippen molar-refractivity contribution in [2.75, 3.05) is 0 Å². The molecular formula is C13H23NO5. The van der Waals surface area contributed by atoms with E-state index in [0.717, 1.165) is 19.3 Å². The van der Waals surface area contributed by atoms with Gasteiger partial charge in [0, 0.05) is 12.8 Å². The molecule has 0 aromatic rings. The summed E-state index contributed by atoms with van der Waals surface area (Å²) in [5.41, 5.74) is 0. The van der Waals surface area contributed by atoms with Gasteiger partial charge in [-0.2, -0.15) is 0 Å². The quantitative estimate of drug-likeness (QED) is 0.404. The first-order valence-corrected chi connectivity index (χ1v) is 6.58. The van der Waals surface area contributed by atoms with E-state index >= 15 is 0 Å². The van der Waals surface area contributed by atoms with Crippen LogP contribution in [0.3, 0.4) is 0 Å². The van der Waals surface area contributed by atoms with Gasteiger partial charge in [-0.15, -0.1) is 0 Å². The van der Waals surface area contributed by atoms with Crippen LogP contribution in [0.25, 0.3) is 0 Å². The van der Waals surface area contributed by atoms with Crippen molar-refractivity contribution in [1.82, 2.24) is 5.32 Å². The number of amides is 1. The number of rotatable bonds is 10. The van der Waals surface area contributed by atoms with Crippen molar-refractivity contribution in [1.29, 1.82) is 0 Å². The Bertz CT molecular complexity index is 314. The summed E-state index contributed by atoms with van der Waals surface area (Å²) in [6.45, 7) is 3.46. The van der Waals surface area contributed by atoms with Crippen LogP contribution >= 0.6 is 0 Å². The van der Waals surface area contributed by atoms with Crippen LogP contribution in [0.1, 0.15) is 52.4 Å². The highest BCUT2D eigenvalue weighted by molar-refractivity contribution is 5.99. The molecule has 0 saturated carbocycles. The van der Waals surface area contributed by atoms with Crippen LogP contribution in [0.15, 0.2) is 0 Å². The maximum atomic E-state index is 11.5. The smallest absolute Gasteiger partial charge is 0.326 e. The highest BCUT2D eigenvalue weighted by atomic mass is 16.4. The SMILES string of the molecule is CCCCCC(=O)CC(=O)NC(C[C@H](C)O)C(=O)O. The van der Waals surface area contributed by atoms with E-state index in [9.17, 15) is 14.4 Å². The number of aliphatic carboxylic acids is 1. The van der Waals surface area contributed by atoms with E-state index in [1.165, 1.54) is 6.92 Å². The number of nitrogens with one attached hydrogen (secondary N) is 1. The molecule has 0 saturated heterocycles. The van der Waals surface area contributed by atoms with E-state index in [0.29, 0.717) is 6.42 Å². The fourth-order valence-corrected chi connectivity index (χ4v) is 1.65. The third-order valence-electron chi connectivity index (χ3n) is 2.63. The standard InChI is InChI=1S/C13H23NO5/c1-3-4-5-6-10(16)8-12(17)14-11(13(18)19)7-9(2)15/h9,11,15H,3-8H2,1-2H3,(H,14,17)(H,18,19)/t9-,11?/m0/s1. The lowest BCUT2D eigenvalue weighted by Gasteiger charge is -2.15. The van der Waals surface area contributed by atoms with E-state index in [1.54, 1.807) is 0 Å². The largest absolute Gasteiger partial charge is 0.480 e. The second-order valence-electron chi connectivity index (χ2n) is 4.72. The number of Topliss-reactive ketones (excluding diaryl/α,β-unsaturated/α-hetero) is 1. The van der Waals surface area contributed by atoms with Crippen molar-refractivity contribution in [3.63, 3.8) is 0 Å². The first-order chi connectivity index (χ1) is 8.86. The first kappa shape index (κ1) is 17.6. The Labute approximate surface area is 113 Å². The molecule has 0 bridgehead atoms. The highest BCUT2D eigenvalue weighted by Gasteiger charge is 2.22. The number of unbranched alkanes of at least 4 members (excludes halogenated alkanes) is 2. The van der Waals surface area contributed by atoms with Gasteiger partial charge in [0.05, 0.1) is 12.5 Å². The van der Waals surface area contributed by atoms with Crippen molar-refractivity contribution >= 4 is 17.7 Å². The number of carbonyl (C=O) groups is 3. The van der Waals surface area contributed by atoms with Gasteiger partial charge in [-0.3, -0.25) is 9.59 Å². The lowest BCUT2D eigenvalue weighted by atomic mass is 10.1. The molecule has 0 rings (SSSR count). The summed E-state index contributed by atoms with van der Waals surface area (Å²) in [7, 11) is 0. The molecule has 0 spiro atoms. The molecule has 0 aliphatic rings. The average molecular weight is 273 g/mol. The fraction of sp³-hybridized carbons (Fsp3) is 0.769. The van der Waals surface area contributed by atoms with Gasteiger partial charge in [0.2, 0.25) is 5.91 Å².